The van der Waals surface area contributed by atoms with E-state index in [9.17, 15) is 23.2 Å². The Hall–Kier alpha value is -3.81. The fourth-order valence-corrected chi connectivity index (χ4v) is 3.64. The number of nitrogens with zero attached hydrogens (tertiary/aromatic N) is 1. The molecule has 1 aromatic heterocycles. The predicted molar refractivity (Wildman–Crippen MR) is 118 cm³/mol. The van der Waals surface area contributed by atoms with Gasteiger partial charge in [0.05, 0.1) is 13.2 Å². The number of Topliss-reactive ketones (excluding diaryl/α,β-unsaturated/α-hetero) is 1. The molecule has 1 N–H and O–H groups in total. The standard InChI is InChI=1S/C25H24F2N2O4/c1-4-33-25(32)23-15(2)22(16(3)28-23)21(30)14-29(13-17-8-10-19(26)11-9-17)24(31)18-6-5-7-20(27)12-18/h5-12,28H,4,13-14H2,1-3H3. The van der Waals surface area contributed by atoms with Gasteiger partial charge in [0.15, 0.2) is 5.78 Å². The molecule has 33 heavy (non-hydrogen) atoms. The monoisotopic (exact) mass is 454 g/mol. The summed E-state index contributed by atoms with van der Waals surface area (Å²) in [4.78, 5) is 42.7. The van der Waals surface area contributed by atoms with Crippen LogP contribution in [0.2, 0.25) is 0 Å². The van der Waals surface area contributed by atoms with Crippen LogP contribution in [0.3, 0.4) is 0 Å². The molecule has 0 bridgehead atoms. The van der Waals surface area contributed by atoms with Gasteiger partial charge >= 0.3 is 5.97 Å². The molecular weight excluding hydrogens is 430 g/mol. The normalized spacial score (nSPS) is 10.7. The van der Waals surface area contributed by atoms with E-state index in [1.807, 2.05) is 0 Å². The van der Waals surface area contributed by atoms with Crippen molar-refractivity contribution in [3.8, 4) is 0 Å². The van der Waals surface area contributed by atoms with E-state index in [-0.39, 0.29) is 36.5 Å². The molecule has 0 saturated heterocycles. The first kappa shape index (κ1) is 23.8. The first-order chi connectivity index (χ1) is 15.7. The maximum Gasteiger partial charge on any atom is 0.355 e. The second-order valence-corrected chi connectivity index (χ2v) is 7.57. The van der Waals surface area contributed by atoms with Crippen molar-refractivity contribution in [2.45, 2.75) is 27.3 Å². The number of carbonyl (C=O) groups is 3. The number of hydrogen-bond acceptors (Lipinski definition) is 4. The third kappa shape index (κ3) is 5.52. The Kier molecular flexibility index (Phi) is 7.37. The maximum absolute atomic E-state index is 13.7. The van der Waals surface area contributed by atoms with E-state index in [2.05, 4.69) is 4.98 Å². The van der Waals surface area contributed by atoms with Gasteiger partial charge in [-0.15, -0.1) is 0 Å². The van der Waals surface area contributed by atoms with E-state index >= 15 is 0 Å². The average Bonchev–Trinajstić information content (AvgIpc) is 3.08. The summed E-state index contributed by atoms with van der Waals surface area (Å²) >= 11 is 0. The van der Waals surface area contributed by atoms with Crippen LogP contribution in [0.15, 0.2) is 48.5 Å². The van der Waals surface area contributed by atoms with Crippen molar-refractivity contribution in [1.29, 1.82) is 0 Å². The Morgan fingerprint density at radius 1 is 1.00 bits per heavy atom. The van der Waals surface area contributed by atoms with Gasteiger partial charge < -0.3 is 14.6 Å². The molecule has 0 atom stereocenters. The van der Waals surface area contributed by atoms with Crippen molar-refractivity contribution < 1.29 is 27.9 Å². The number of ether oxygens (including phenoxy) is 1. The minimum Gasteiger partial charge on any atom is -0.461 e. The van der Waals surface area contributed by atoms with Gasteiger partial charge in [-0.05, 0) is 62.2 Å². The Labute approximate surface area is 190 Å². The molecule has 6 nitrogen and oxygen atoms in total. The fraction of sp³-hybridized carbons (Fsp3) is 0.240. The van der Waals surface area contributed by atoms with E-state index in [1.165, 1.54) is 47.4 Å². The SMILES string of the molecule is CCOC(=O)c1[nH]c(C)c(C(=O)CN(Cc2ccc(F)cc2)C(=O)c2cccc(F)c2)c1C. The molecule has 0 aliphatic rings. The highest BCUT2D eigenvalue weighted by atomic mass is 19.1. The zero-order valence-corrected chi connectivity index (χ0v) is 18.6. The van der Waals surface area contributed by atoms with Crippen molar-refractivity contribution in [2.75, 3.05) is 13.2 Å². The molecule has 172 valence electrons. The number of esters is 1. The minimum atomic E-state index is -0.578. The number of amides is 1. The summed E-state index contributed by atoms with van der Waals surface area (Å²) in [6.07, 6.45) is 0. The molecule has 8 heteroatoms. The van der Waals surface area contributed by atoms with Crippen LogP contribution in [0.4, 0.5) is 8.78 Å². The van der Waals surface area contributed by atoms with E-state index < -0.39 is 29.3 Å². The number of ketones is 1. The van der Waals surface area contributed by atoms with Gasteiger partial charge in [0.25, 0.3) is 5.91 Å². The molecule has 1 amide bonds. The first-order valence-corrected chi connectivity index (χ1v) is 10.4. The highest BCUT2D eigenvalue weighted by molar-refractivity contribution is 6.05. The fourth-order valence-electron chi connectivity index (χ4n) is 3.64. The highest BCUT2D eigenvalue weighted by Crippen LogP contribution is 2.21. The van der Waals surface area contributed by atoms with Crippen molar-refractivity contribution in [2.24, 2.45) is 0 Å². The van der Waals surface area contributed by atoms with Crippen LogP contribution >= 0.6 is 0 Å². The summed E-state index contributed by atoms with van der Waals surface area (Å²) in [7, 11) is 0. The summed E-state index contributed by atoms with van der Waals surface area (Å²) in [6.45, 7) is 4.83. The summed E-state index contributed by atoms with van der Waals surface area (Å²) < 4.78 is 32.0. The number of rotatable bonds is 8. The van der Waals surface area contributed by atoms with Gasteiger partial charge in [-0.25, -0.2) is 13.6 Å². The third-order valence-corrected chi connectivity index (χ3v) is 5.18. The number of halogens is 2. The van der Waals surface area contributed by atoms with Crippen LogP contribution in [0.25, 0.3) is 0 Å². The quantitative estimate of drug-likeness (QED) is 0.398. The maximum atomic E-state index is 13.7. The van der Waals surface area contributed by atoms with Crippen LogP contribution in [-0.2, 0) is 11.3 Å². The number of hydrogen-bond donors (Lipinski definition) is 1. The van der Waals surface area contributed by atoms with Crippen LogP contribution in [0, 0.1) is 25.5 Å². The number of H-pyrrole nitrogens is 1. The third-order valence-electron chi connectivity index (χ3n) is 5.18. The molecule has 3 rings (SSSR count). The predicted octanol–water partition coefficient (Wildman–Crippen LogP) is 4.61. The molecule has 1 heterocycles. The Balaban J connectivity index is 1.92. The molecule has 0 aliphatic heterocycles. The molecule has 0 fully saturated rings. The van der Waals surface area contributed by atoms with Crippen LogP contribution in [-0.4, -0.2) is 40.7 Å². The van der Waals surface area contributed by atoms with Crippen LogP contribution in [0.5, 0.6) is 0 Å². The molecule has 0 spiro atoms. The summed E-state index contributed by atoms with van der Waals surface area (Å²) in [5.41, 5.74) is 2.05. The molecule has 0 saturated carbocycles. The molecule has 2 aromatic carbocycles. The summed E-state index contributed by atoms with van der Waals surface area (Å²) in [6, 6.07) is 10.7. The lowest BCUT2D eigenvalue weighted by Gasteiger charge is -2.23. The first-order valence-electron chi connectivity index (χ1n) is 10.4. The number of aromatic nitrogens is 1. The van der Waals surface area contributed by atoms with Crippen molar-refractivity contribution in [1.82, 2.24) is 9.88 Å². The molecule has 0 radical (unpaired) electrons. The Bertz CT molecular complexity index is 1190. The smallest absolute Gasteiger partial charge is 0.355 e. The Morgan fingerprint density at radius 3 is 2.33 bits per heavy atom. The largest absolute Gasteiger partial charge is 0.461 e. The van der Waals surface area contributed by atoms with Crippen LogP contribution < -0.4 is 0 Å². The molecule has 0 aliphatic carbocycles. The van der Waals surface area contributed by atoms with Gasteiger partial charge in [0.2, 0.25) is 0 Å². The lowest BCUT2D eigenvalue weighted by atomic mass is 10.0. The highest BCUT2D eigenvalue weighted by Gasteiger charge is 2.26. The number of nitrogens with one attached hydrogen (secondary N) is 1. The zero-order chi connectivity index (χ0) is 24.1. The van der Waals surface area contributed by atoms with Gasteiger partial charge in [-0.1, -0.05) is 18.2 Å². The van der Waals surface area contributed by atoms with Crippen molar-refractivity contribution in [3.63, 3.8) is 0 Å². The zero-order valence-electron chi connectivity index (χ0n) is 18.6. The van der Waals surface area contributed by atoms with E-state index in [4.69, 9.17) is 4.74 Å². The number of benzene rings is 2. The van der Waals surface area contributed by atoms with Gasteiger partial charge in [0, 0.05) is 23.4 Å². The summed E-state index contributed by atoms with van der Waals surface area (Å²) in [5, 5.41) is 0. The molecule has 0 unspecified atom stereocenters. The van der Waals surface area contributed by atoms with Gasteiger partial charge in [0.1, 0.15) is 17.3 Å². The summed E-state index contributed by atoms with van der Waals surface area (Å²) in [5.74, 6) is -2.53. The number of aromatic amines is 1. The van der Waals surface area contributed by atoms with E-state index in [1.54, 1.807) is 20.8 Å². The lowest BCUT2D eigenvalue weighted by molar-refractivity contribution is 0.0519. The second kappa shape index (κ2) is 10.2. The lowest BCUT2D eigenvalue weighted by Crippen LogP contribution is -2.35. The van der Waals surface area contributed by atoms with Gasteiger partial charge in [-0.3, -0.25) is 9.59 Å². The topological polar surface area (TPSA) is 79.5 Å². The molecular formula is C25H24F2N2O4. The van der Waals surface area contributed by atoms with Crippen LogP contribution in [0.1, 0.15) is 54.9 Å². The molecule has 3 aromatic rings. The average molecular weight is 454 g/mol. The van der Waals surface area contributed by atoms with E-state index in [0.29, 0.717) is 16.8 Å². The second-order valence-electron chi connectivity index (χ2n) is 7.57. The van der Waals surface area contributed by atoms with Crippen molar-refractivity contribution in [3.05, 3.63) is 93.8 Å². The van der Waals surface area contributed by atoms with Gasteiger partial charge in [-0.2, -0.15) is 0 Å². The minimum absolute atomic E-state index is 0.00855. The number of carbonyl (C=O) groups excluding carboxylic acids is 3. The Morgan fingerprint density at radius 2 is 1.70 bits per heavy atom. The van der Waals surface area contributed by atoms with Crippen molar-refractivity contribution >= 4 is 17.7 Å². The van der Waals surface area contributed by atoms with E-state index in [0.717, 1.165) is 6.07 Å². The number of aryl methyl sites for hydroxylation is 1.